The van der Waals surface area contributed by atoms with Crippen molar-refractivity contribution in [3.05, 3.63) is 58.5 Å². The number of nitrogens with one attached hydrogen (secondary N) is 1. The summed E-state index contributed by atoms with van der Waals surface area (Å²) >= 11 is 6.52. The Bertz CT molecular complexity index is 1450. The third-order valence-corrected chi connectivity index (χ3v) is 5.58. The van der Waals surface area contributed by atoms with Gasteiger partial charge in [0, 0.05) is 13.1 Å². The highest BCUT2D eigenvalue weighted by molar-refractivity contribution is 6.32. The summed E-state index contributed by atoms with van der Waals surface area (Å²) in [6.45, 7) is 1.76. The van der Waals surface area contributed by atoms with Crippen LogP contribution >= 0.6 is 11.6 Å². The van der Waals surface area contributed by atoms with Gasteiger partial charge in [-0.2, -0.15) is 26.3 Å². The van der Waals surface area contributed by atoms with Gasteiger partial charge < -0.3 is 14.8 Å². The summed E-state index contributed by atoms with van der Waals surface area (Å²) in [6.07, 6.45) is -10.1. The molecule has 0 atom stereocenters. The van der Waals surface area contributed by atoms with E-state index in [4.69, 9.17) is 21.1 Å². The number of anilines is 1. The van der Waals surface area contributed by atoms with Crippen molar-refractivity contribution in [2.45, 2.75) is 25.7 Å². The molecule has 2 heterocycles. The van der Waals surface area contributed by atoms with Crippen LogP contribution in [-0.2, 0) is 18.8 Å². The van der Waals surface area contributed by atoms with Crippen LogP contribution in [0.4, 0.5) is 32.2 Å². The molecule has 4 aromatic rings. The molecule has 0 spiro atoms. The van der Waals surface area contributed by atoms with Gasteiger partial charge in [-0.25, -0.2) is 14.6 Å². The predicted molar refractivity (Wildman–Crippen MR) is 124 cm³/mol. The molecule has 2 aromatic heterocycles. The molecule has 0 radical (unpaired) electrons. The Kier molecular flexibility index (Phi) is 6.84. The first-order chi connectivity index (χ1) is 17.4. The number of alkyl halides is 6. The number of ether oxygens (including phenoxy) is 2. The molecule has 0 aliphatic rings. The van der Waals surface area contributed by atoms with Crippen LogP contribution in [0.2, 0.25) is 5.02 Å². The molecule has 37 heavy (non-hydrogen) atoms. The first-order valence-corrected chi connectivity index (χ1v) is 11.0. The predicted octanol–water partition coefficient (Wildman–Crippen LogP) is 6.91. The minimum absolute atomic E-state index is 0.0322. The van der Waals surface area contributed by atoms with Gasteiger partial charge in [0.2, 0.25) is 5.82 Å². The Balaban J connectivity index is 1.90. The quantitative estimate of drug-likeness (QED) is 0.265. The number of nitrogens with zero attached hydrogens (tertiary/aromatic N) is 4. The number of aromatic nitrogens is 4. The van der Waals surface area contributed by atoms with Gasteiger partial charge in [-0.05, 0) is 42.3 Å². The highest BCUT2D eigenvalue weighted by Crippen LogP contribution is 2.41. The SMILES string of the molecule is CCc1cc(Oc2ccc(OC)cc2)cc(Cl)c1-n1nc2nc(C(F)(F)F)nc(C(F)(F)F)c2c1NC. The molecule has 0 bridgehead atoms. The van der Waals surface area contributed by atoms with Crippen molar-refractivity contribution in [2.75, 3.05) is 19.5 Å². The van der Waals surface area contributed by atoms with E-state index in [0.29, 0.717) is 29.2 Å². The van der Waals surface area contributed by atoms with Crippen LogP contribution in [0.5, 0.6) is 17.2 Å². The number of hydrogen-bond acceptors (Lipinski definition) is 6. The highest BCUT2D eigenvalue weighted by Gasteiger charge is 2.43. The second-order valence-corrected chi connectivity index (χ2v) is 8.05. The van der Waals surface area contributed by atoms with E-state index in [2.05, 4.69) is 20.4 Å². The van der Waals surface area contributed by atoms with Crippen molar-refractivity contribution in [2.24, 2.45) is 0 Å². The van der Waals surface area contributed by atoms with Crippen LogP contribution in [0.25, 0.3) is 16.7 Å². The zero-order valence-corrected chi connectivity index (χ0v) is 20.2. The summed E-state index contributed by atoms with van der Waals surface area (Å²) in [6, 6.07) is 9.74. The number of methoxy groups -OCH3 is 1. The summed E-state index contributed by atoms with van der Waals surface area (Å²) in [7, 11) is 2.82. The lowest BCUT2D eigenvalue weighted by molar-refractivity contribution is -0.151. The molecule has 0 saturated carbocycles. The van der Waals surface area contributed by atoms with Gasteiger partial charge in [-0.1, -0.05) is 18.5 Å². The maximum absolute atomic E-state index is 13.8. The van der Waals surface area contributed by atoms with Gasteiger partial charge in [0.15, 0.2) is 11.3 Å². The topological polar surface area (TPSA) is 74.1 Å². The van der Waals surface area contributed by atoms with Crippen molar-refractivity contribution >= 4 is 28.5 Å². The van der Waals surface area contributed by atoms with E-state index in [-0.39, 0.29) is 16.5 Å². The van der Waals surface area contributed by atoms with E-state index >= 15 is 0 Å². The molecule has 196 valence electrons. The lowest BCUT2D eigenvalue weighted by Crippen LogP contribution is -2.17. The zero-order valence-electron chi connectivity index (χ0n) is 19.4. The number of benzene rings is 2. The van der Waals surface area contributed by atoms with Crippen molar-refractivity contribution in [3.63, 3.8) is 0 Å². The highest BCUT2D eigenvalue weighted by atomic mass is 35.5. The Labute approximate surface area is 211 Å². The van der Waals surface area contributed by atoms with E-state index in [1.165, 1.54) is 20.2 Å². The van der Waals surface area contributed by atoms with Gasteiger partial charge >= 0.3 is 12.4 Å². The molecule has 0 unspecified atom stereocenters. The van der Waals surface area contributed by atoms with Crippen molar-refractivity contribution in [1.29, 1.82) is 0 Å². The Morgan fingerprint density at radius 2 is 1.59 bits per heavy atom. The first kappa shape index (κ1) is 26.3. The van der Waals surface area contributed by atoms with Gasteiger partial charge in [-0.15, -0.1) is 5.10 Å². The Hall–Kier alpha value is -3.74. The third kappa shape index (κ3) is 5.08. The first-order valence-electron chi connectivity index (χ1n) is 10.6. The molecular weight excluding hydrogens is 528 g/mol. The van der Waals surface area contributed by atoms with E-state index in [0.717, 1.165) is 4.68 Å². The molecule has 1 N–H and O–H groups in total. The van der Waals surface area contributed by atoms with Crippen molar-refractivity contribution < 1.29 is 35.8 Å². The standard InChI is InChI=1S/C23H18ClF6N5O2/c1-4-11-9-14(37-13-7-5-12(36-3)6-8-13)10-15(24)17(11)35-20(31-2)16-18(22(25,26)27)32-21(23(28,29)30)33-19(16)34-35/h5-10,31H,4H2,1-3H3. The van der Waals surface area contributed by atoms with Gasteiger partial charge in [0.25, 0.3) is 0 Å². The molecule has 0 aliphatic carbocycles. The van der Waals surface area contributed by atoms with E-state index in [9.17, 15) is 26.3 Å². The van der Waals surface area contributed by atoms with E-state index in [1.807, 2.05) is 0 Å². The lowest BCUT2D eigenvalue weighted by Gasteiger charge is -2.16. The molecule has 2 aromatic carbocycles. The molecular formula is C23H18ClF6N5O2. The van der Waals surface area contributed by atoms with E-state index < -0.39 is 34.9 Å². The fourth-order valence-corrected chi connectivity index (χ4v) is 4.00. The van der Waals surface area contributed by atoms with Crippen molar-refractivity contribution in [1.82, 2.24) is 19.7 Å². The zero-order chi connectivity index (χ0) is 27.1. The van der Waals surface area contributed by atoms with Crippen LogP contribution in [0.3, 0.4) is 0 Å². The monoisotopic (exact) mass is 545 g/mol. The van der Waals surface area contributed by atoms with Crippen LogP contribution in [0, 0.1) is 0 Å². The number of fused-ring (bicyclic) bond motifs is 1. The molecule has 14 heteroatoms. The number of aryl methyl sites for hydroxylation is 1. The summed E-state index contributed by atoms with van der Waals surface area (Å²) in [5.74, 6) is -0.817. The second-order valence-electron chi connectivity index (χ2n) is 7.64. The average molecular weight is 546 g/mol. The second kappa shape index (κ2) is 9.61. The minimum atomic E-state index is -5.22. The molecule has 0 fully saturated rings. The number of hydrogen-bond donors (Lipinski definition) is 1. The minimum Gasteiger partial charge on any atom is -0.497 e. The lowest BCUT2D eigenvalue weighted by atomic mass is 10.1. The fourth-order valence-electron chi connectivity index (χ4n) is 3.69. The van der Waals surface area contributed by atoms with Crippen LogP contribution in [0.15, 0.2) is 36.4 Å². The van der Waals surface area contributed by atoms with Crippen LogP contribution < -0.4 is 14.8 Å². The third-order valence-electron chi connectivity index (χ3n) is 5.30. The number of halogens is 7. The van der Waals surface area contributed by atoms with Gasteiger partial charge in [0.1, 0.15) is 23.1 Å². The Morgan fingerprint density at radius 1 is 0.946 bits per heavy atom. The van der Waals surface area contributed by atoms with Crippen LogP contribution in [0.1, 0.15) is 24.0 Å². The van der Waals surface area contributed by atoms with Gasteiger partial charge in [-0.3, -0.25) is 0 Å². The maximum atomic E-state index is 13.8. The summed E-state index contributed by atoms with van der Waals surface area (Å²) in [5.41, 5.74) is -1.92. The van der Waals surface area contributed by atoms with Crippen molar-refractivity contribution in [3.8, 4) is 22.9 Å². The summed E-state index contributed by atoms with van der Waals surface area (Å²) in [4.78, 5) is 6.04. The molecule has 7 nitrogen and oxygen atoms in total. The molecule has 4 rings (SSSR count). The summed E-state index contributed by atoms with van der Waals surface area (Å²) in [5, 5.41) is 5.85. The molecule has 0 saturated heterocycles. The smallest absolute Gasteiger partial charge is 0.451 e. The van der Waals surface area contributed by atoms with Crippen LogP contribution in [-0.4, -0.2) is 33.9 Å². The molecule has 0 amide bonds. The normalized spacial score (nSPS) is 12.2. The average Bonchev–Trinajstić information content (AvgIpc) is 3.20. The molecule has 0 aliphatic heterocycles. The number of rotatable bonds is 6. The van der Waals surface area contributed by atoms with Gasteiger partial charge in [0.05, 0.1) is 23.2 Å². The Morgan fingerprint density at radius 3 is 2.14 bits per heavy atom. The summed E-state index contributed by atoms with van der Waals surface area (Å²) < 4.78 is 93.0. The largest absolute Gasteiger partial charge is 0.497 e. The van der Waals surface area contributed by atoms with E-state index in [1.54, 1.807) is 37.3 Å². The maximum Gasteiger partial charge on any atom is 0.451 e. The fraction of sp³-hybridized carbons (Fsp3) is 0.261.